The molecule has 0 spiro atoms. The summed E-state index contributed by atoms with van der Waals surface area (Å²) in [5.74, 6) is 0.616. The first-order valence-electron chi connectivity index (χ1n) is 6.42. The van der Waals surface area contributed by atoms with Gasteiger partial charge in [0.1, 0.15) is 5.75 Å². The van der Waals surface area contributed by atoms with Gasteiger partial charge in [-0.1, -0.05) is 30.1 Å². The number of ether oxygens (including phenoxy) is 1. The van der Waals surface area contributed by atoms with E-state index in [9.17, 15) is 10.2 Å². The molecule has 1 rings (SSSR count). The third kappa shape index (κ3) is 5.19. The van der Waals surface area contributed by atoms with Crippen LogP contribution in [0, 0.1) is 0 Å². The second kappa shape index (κ2) is 7.95. The molecule has 1 aromatic rings. The summed E-state index contributed by atoms with van der Waals surface area (Å²) in [6, 6.07) is 3.43. The molecule has 0 saturated carbocycles. The summed E-state index contributed by atoms with van der Waals surface area (Å²) in [7, 11) is 0. The normalized spacial score (nSPS) is 14.2. The molecule has 0 aliphatic carbocycles. The Morgan fingerprint density at radius 3 is 2.53 bits per heavy atom. The Morgan fingerprint density at radius 2 is 1.95 bits per heavy atom. The van der Waals surface area contributed by atoms with Gasteiger partial charge < -0.3 is 14.9 Å². The number of aryl methyl sites for hydroxylation is 1. The fourth-order valence-electron chi connectivity index (χ4n) is 1.71. The quantitative estimate of drug-likeness (QED) is 0.811. The molecular weight excluding hydrogens is 287 g/mol. The Bertz CT molecular complexity index is 408. The van der Waals surface area contributed by atoms with E-state index in [0.29, 0.717) is 35.2 Å². The third-order valence-corrected chi connectivity index (χ3v) is 3.30. The largest absolute Gasteiger partial charge is 0.492 e. The standard InChI is InChI=1S/C14H20Cl2O3/c1-3-6-19-14-10(4-5-13(18)9(2)17)7-11(15)8-12(14)16/h7-9,13,17-18H,3-6H2,1-2H3. The van der Waals surface area contributed by atoms with Crippen LogP contribution in [-0.2, 0) is 6.42 Å². The fourth-order valence-corrected chi connectivity index (χ4v) is 2.30. The minimum atomic E-state index is -0.767. The second-order valence-electron chi connectivity index (χ2n) is 4.57. The molecule has 3 nitrogen and oxygen atoms in total. The lowest BCUT2D eigenvalue weighted by Crippen LogP contribution is -2.23. The highest BCUT2D eigenvalue weighted by molar-refractivity contribution is 6.35. The van der Waals surface area contributed by atoms with Crippen LogP contribution in [0.2, 0.25) is 10.0 Å². The molecule has 2 atom stereocenters. The molecule has 19 heavy (non-hydrogen) atoms. The van der Waals surface area contributed by atoms with Crippen LogP contribution < -0.4 is 4.74 Å². The number of aliphatic hydroxyl groups excluding tert-OH is 2. The second-order valence-corrected chi connectivity index (χ2v) is 5.41. The lowest BCUT2D eigenvalue weighted by atomic mass is 10.0. The van der Waals surface area contributed by atoms with Crippen molar-refractivity contribution in [2.45, 2.75) is 45.3 Å². The van der Waals surface area contributed by atoms with Crippen LogP contribution in [0.25, 0.3) is 0 Å². The van der Waals surface area contributed by atoms with Crippen molar-refractivity contribution in [2.75, 3.05) is 6.61 Å². The van der Waals surface area contributed by atoms with E-state index in [1.165, 1.54) is 0 Å². The van der Waals surface area contributed by atoms with E-state index in [4.69, 9.17) is 27.9 Å². The van der Waals surface area contributed by atoms with Gasteiger partial charge in [-0.05, 0) is 43.9 Å². The van der Waals surface area contributed by atoms with Crippen LogP contribution in [-0.4, -0.2) is 29.0 Å². The first-order chi connectivity index (χ1) is 8.95. The van der Waals surface area contributed by atoms with E-state index in [-0.39, 0.29) is 0 Å². The van der Waals surface area contributed by atoms with Gasteiger partial charge in [0.25, 0.3) is 0 Å². The van der Waals surface area contributed by atoms with Crippen LogP contribution in [0.1, 0.15) is 32.3 Å². The first-order valence-corrected chi connectivity index (χ1v) is 7.18. The average Bonchev–Trinajstić information content (AvgIpc) is 2.34. The summed E-state index contributed by atoms with van der Waals surface area (Å²) in [4.78, 5) is 0. The van der Waals surface area contributed by atoms with Gasteiger partial charge in [-0.2, -0.15) is 0 Å². The van der Waals surface area contributed by atoms with Crippen LogP contribution in [0.15, 0.2) is 12.1 Å². The van der Waals surface area contributed by atoms with Crippen molar-refractivity contribution in [3.05, 3.63) is 27.7 Å². The molecule has 0 aliphatic rings. The van der Waals surface area contributed by atoms with E-state index in [1.807, 2.05) is 6.92 Å². The summed E-state index contributed by atoms with van der Waals surface area (Å²) in [5.41, 5.74) is 0.852. The molecule has 2 unspecified atom stereocenters. The van der Waals surface area contributed by atoms with Gasteiger partial charge in [0, 0.05) is 5.02 Å². The number of rotatable bonds is 7. The molecule has 0 bridgehead atoms. The molecule has 0 heterocycles. The molecule has 2 N–H and O–H groups in total. The Hall–Kier alpha value is -0.480. The topological polar surface area (TPSA) is 49.7 Å². The highest BCUT2D eigenvalue weighted by atomic mass is 35.5. The van der Waals surface area contributed by atoms with Gasteiger partial charge in [0.05, 0.1) is 23.8 Å². The molecular formula is C14H20Cl2O3. The van der Waals surface area contributed by atoms with Crippen LogP contribution in [0.3, 0.4) is 0 Å². The van der Waals surface area contributed by atoms with E-state index in [1.54, 1.807) is 19.1 Å². The molecule has 0 aromatic heterocycles. The number of hydrogen-bond donors (Lipinski definition) is 2. The molecule has 0 saturated heterocycles. The van der Waals surface area contributed by atoms with Crippen molar-refractivity contribution >= 4 is 23.2 Å². The fraction of sp³-hybridized carbons (Fsp3) is 0.571. The minimum Gasteiger partial charge on any atom is -0.492 e. The molecule has 5 heteroatoms. The van der Waals surface area contributed by atoms with E-state index >= 15 is 0 Å². The lowest BCUT2D eigenvalue weighted by molar-refractivity contribution is 0.0264. The monoisotopic (exact) mass is 306 g/mol. The van der Waals surface area contributed by atoms with Crippen molar-refractivity contribution < 1.29 is 14.9 Å². The number of benzene rings is 1. The molecule has 0 amide bonds. The number of hydrogen-bond acceptors (Lipinski definition) is 3. The van der Waals surface area contributed by atoms with Crippen molar-refractivity contribution in [1.29, 1.82) is 0 Å². The SMILES string of the molecule is CCCOc1c(Cl)cc(Cl)cc1CCC(O)C(C)O. The van der Waals surface area contributed by atoms with Crippen molar-refractivity contribution in [3.63, 3.8) is 0 Å². The maximum absolute atomic E-state index is 9.64. The van der Waals surface area contributed by atoms with E-state index in [0.717, 1.165) is 12.0 Å². The highest BCUT2D eigenvalue weighted by Gasteiger charge is 2.15. The highest BCUT2D eigenvalue weighted by Crippen LogP contribution is 2.33. The van der Waals surface area contributed by atoms with E-state index < -0.39 is 12.2 Å². The van der Waals surface area contributed by atoms with Crippen LogP contribution in [0.4, 0.5) is 0 Å². The predicted molar refractivity (Wildman–Crippen MR) is 78.3 cm³/mol. The van der Waals surface area contributed by atoms with Gasteiger partial charge in [0.15, 0.2) is 0 Å². The number of halogens is 2. The molecule has 0 fully saturated rings. The van der Waals surface area contributed by atoms with Crippen molar-refractivity contribution in [2.24, 2.45) is 0 Å². The molecule has 0 aliphatic heterocycles. The molecule has 1 aromatic carbocycles. The van der Waals surface area contributed by atoms with Gasteiger partial charge in [0.2, 0.25) is 0 Å². The van der Waals surface area contributed by atoms with Crippen molar-refractivity contribution in [3.8, 4) is 5.75 Å². The third-order valence-electron chi connectivity index (χ3n) is 2.80. The average molecular weight is 307 g/mol. The van der Waals surface area contributed by atoms with Gasteiger partial charge in [-0.25, -0.2) is 0 Å². The zero-order valence-corrected chi connectivity index (χ0v) is 12.7. The summed E-state index contributed by atoms with van der Waals surface area (Å²) < 4.78 is 5.63. The first kappa shape index (κ1) is 16.6. The molecule has 0 radical (unpaired) electrons. The summed E-state index contributed by atoms with van der Waals surface area (Å²) in [6.07, 6.45) is 0.336. The lowest BCUT2D eigenvalue weighted by Gasteiger charge is -2.16. The molecule has 108 valence electrons. The maximum Gasteiger partial charge on any atom is 0.141 e. The smallest absolute Gasteiger partial charge is 0.141 e. The van der Waals surface area contributed by atoms with Crippen LogP contribution >= 0.6 is 23.2 Å². The zero-order chi connectivity index (χ0) is 14.4. The van der Waals surface area contributed by atoms with Gasteiger partial charge in [-0.15, -0.1) is 0 Å². The Morgan fingerprint density at radius 1 is 1.26 bits per heavy atom. The predicted octanol–water partition coefficient (Wildman–Crippen LogP) is 3.46. The van der Waals surface area contributed by atoms with Gasteiger partial charge >= 0.3 is 0 Å². The Balaban J connectivity index is 2.84. The van der Waals surface area contributed by atoms with Crippen LogP contribution in [0.5, 0.6) is 5.75 Å². The zero-order valence-electron chi connectivity index (χ0n) is 11.2. The van der Waals surface area contributed by atoms with Crippen molar-refractivity contribution in [1.82, 2.24) is 0 Å². The Kier molecular flexibility index (Phi) is 6.94. The van der Waals surface area contributed by atoms with Gasteiger partial charge in [-0.3, -0.25) is 0 Å². The maximum atomic E-state index is 9.64. The summed E-state index contributed by atoms with van der Waals surface area (Å²) in [6.45, 7) is 4.15. The summed E-state index contributed by atoms with van der Waals surface area (Å²) in [5, 5.41) is 19.9. The Labute approximate surface area is 124 Å². The number of aliphatic hydroxyl groups is 2. The van der Waals surface area contributed by atoms with E-state index in [2.05, 4.69) is 0 Å². The summed E-state index contributed by atoms with van der Waals surface area (Å²) >= 11 is 12.1. The minimum absolute atomic E-state index is 0.427.